The van der Waals surface area contributed by atoms with Crippen LogP contribution in [0.4, 0.5) is 14.5 Å². The molecule has 0 bridgehead atoms. The highest BCUT2D eigenvalue weighted by Crippen LogP contribution is 2.44. The number of rotatable bonds is 9. The monoisotopic (exact) mass is 496 g/mol. The second kappa shape index (κ2) is 9.00. The van der Waals surface area contributed by atoms with Gasteiger partial charge in [0.15, 0.2) is 0 Å². The van der Waals surface area contributed by atoms with E-state index in [2.05, 4.69) is 10.3 Å². The maximum Gasteiger partial charge on any atom is 0.352 e. The first-order chi connectivity index (χ1) is 15.6. The molecule has 1 amide bonds. The fourth-order valence-electron chi connectivity index (χ4n) is 3.93. The fraction of sp³-hybridized carbons (Fsp3) is 0.364. The summed E-state index contributed by atoms with van der Waals surface area (Å²) in [6.07, 6.45) is 1.83. The van der Waals surface area contributed by atoms with Crippen LogP contribution in [0.1, 0.15) is 17.8 Å². The molecule has 0 saturated heterocycles. The summed E-state index contributed by atoms with van der Waals surface area (Å²) in [6.45, 7) is 1.30. The lowest BCUT2D eigenvalue weighted by Gasteiger charge is -2.18. The van der Waals surface area contributed by atoms with Crippen molar-refractivity contribution in [2.24, 2.45) is 0 Å². The Morgan fingerprint density at radius 3 is 2.67 bits per heavy atom. The van der Waals surface area contributed by atoms with Crippen molar-refractivity contribution in [2.45, 2.75) is 25.4 Å². The standard InChI is InChI=1S/C22H23ClF2N4O3S/c1-33(31,32)12-10-26-9-4-11-28-19-8-7-15(23)13-17(19)27-20(28)14-29-18-6-3-2-5-16(18)22(24,25)21(29)30/h2-3,5-8,13,26H,4,9-12,14H2,1H3. The topological polar surface area (TPSA) is 84.3 Å². The van der Waals surface area contributed by atoms with Gasteiger partial charge in [0.25, 0.3) is 0 Å². The van der Waals surface area contributed by atoms with E-state index < -0.39 is 21.7 Å². The largest absolute Gasteiger partial charge is 0.352 e. The van der Waals surface area contributed by atoms with Crippen molar-refractivity contribution < 1.29 is 22.0 Å². The van der Waals surface area contributed by atoms with E-state index in [1.165, 1.54) is 24.5 Å². The summed E-state index contributed by atoms with van der Waals surface area (Å²) in [5.41, 5.74) is 1.24. The molecular weight excluding hydrogens is 474 g/mol. The quantitative estimate of drug-likeness (QED) is 0.459. The van der Waals surface area contributed by atoms with Gasteiger partial charge >= 0.3 is 11.8 Å². The molecule has 33 heavy (non-hydrogen) atoms. The Morgan fingerprint density at radius 1 is 1.15 bits per heavy atom. The third-order valence-electron chi connectivity index (χ3n) is 5.52. The average Bonchev–Trinajstić information content (AvgIpc) is 3.17. The van der Waals surface area contributed by atoms with Gasteiger partial charge in [0.05, 0.1) is 34.6 Å². The second-order valence-corrected chi connectivity index (χ2v) is 10.7. The number of anilines is 1. The zero-order valence-corrected chi connectivity index (χ0v) is 19.5. The molecule has 2 aromatic carbocycles. The van der Waals surface area contributed by atoms with Crippen LogP contribution >= 0.6 is 11.6 Å². The number of imidazole rings is 1. The lowest BCUT2D eigenvalue weighted by Crippen LogP contribution is -2.35. The number of carbonyl (C=O) groups excluding carboxylic acids is 1. The van der Waals surface area contributed by atoms with Crippen LogP contribution in [-0.4, -0.2) is 49.0 Å². The van der Waals surface area contributed by atoms with E-state index in [0.717, 1.165) is 10.4 Å². The highest BCUT2D eigenvalue weighted by Gasteiger charge is 2.52. The first-order valence-corrected chi connectivity index (χ1v) is 12.8. The summed E-state index contributed by atoms with van der Waals surface area (Å²) in [5.74, 6) is -4.34. The van der Waals surface area contributed by atoms with Crippen molar-refractivity contribution in [3.05, 3.63) is 58.9 Å². The van der Waals surface area contributed by atoms with Crippen LogP contribution in [0.15, 0.2) is 42.5 Å². The minimum atomic E-state index is -3.58. The molecule has 0 aliphatic carbocycles. The van der Waals surface area contributed by atoms with Crippen LogP contribution in [-0.2, 0) is 33.6 Å². The molecule has 1 aliphatic rings. The maximum absolute atomic E-state index is 14.6. The number of aryl methyl sites for hydroxylation is 1. The molecule has 4 rings (SSSR count). The molecule has 1 aromatic heterocycles. The smallest absolute Gasteiger partial charge is 0.326 e. The number of nitrogens with zero attached hydrogens (tertiary/aromatic N) is 3. The lowest BCUT2D eigenvalue weighted by molar-refractivity contribution is -0.141. The van der Waals surface area contributed by atoms with E-state index in [-0.39, 0.29) is 23.5 Å². The molecule has 3 aromatic rings. The molecule has 1 N–H and O–H groups in total. The SMILES string of the molecule is CS(=O)(=O)CCNCCCn1c(CN2C(=O)C(F)(F)c3ccccc32)nc2cc(Cl)ccc21. The van der Waals surface area contributed by atoms with Gasteiger partial charge in [0, 0.05) is 24.4 Å². The predicted octanol–water partition coefficient (Wildman–Crippen LogP) is 3.35. The number of aromatic nitrogens is 2. The van der Waals surface area contributed by atoms with Gasteiger partial charge in [-0.15, -0.1) is 0 Å². The average molecular weight is 497 g/mol. The number of para-hydroxylation sites is 1. The van der Waals surface area contributed by atoms with Crippen LogP contribution in [0.25, 0.3) is 11.0 Å². The number of nitrogens with one attached hydrogen (secondary N) is 1. The molecule has 176 valence electrons. The Morgan fingerprint density at radius 2 is 1.91 bits per heavy atom. The van der Waals surface area contributed by atoms with Crippen molar-refractivity contribution >= 4 is 44.1 Å². The summed E-state index contributed by atoms with van der Waals surface area (Å²) in [4.78, 5) is 18.2. The number of fused-ring (bicyclic) bond motifs is 2. The van der Waals surface area contributed by atoms with Crippen molar-refractivity contribution in [1.29, 1.82) is 0 Å². The zero-order valence-electron chi connectivity index (χ0n) is 17.9. The van der Waals surface area contributed by atoms with E-state index in [1.807, 2.05) is 4.57 Å². The molecule has 11 heteroatoms. The Bertz CT molecular complexity index is 1310. The third-order valence-corrected chi connectivity index (χ3v) is 6.70. The number of carbonyl (C=O) groups is 1. The number of amides is 1. The van der Waals surface area contributed by atoms with Crippen LogP contribution < -0.4 is 10.2 Å². The van der Waals surface area contributed by atoms with E-state index in [4.69, 9.17) is 11.6 Å². The number of hydrogen-bond acceptors (Lipinski definition) is 5. The summed E-state index contributed by atoms with van der Waals surface area (Å²) in [6, 6.07) is 11.1. The molecular formula is C22H23ClF2N4O3S. The molecule has 0 fully saturated rings. The molecule has 7 nitrogen and oxygen atoms in total. The van der Waals surface area contributed by atoms with Gasteiger partial charge in [-0.05, 0) is 37.2 Å². The molecule has 0 radical (unpaired) electrons. The minimum absolute atomic E-state index is 0.0510. The van der Waals surface area contributed by atoms with Crippen LogP contribution in [0.5, 0.6) is 0 Å². The molecule has 0 saturated carbocycles. The van der Waals surface area contributed by atoms with E-state index >= 15 is 0 Å². The zero-order chi connectivity index (χ0) is 23.8. The van der Waals surface area contributed by atoms with E-state index in [0.29, 0.717) is 42.4 Å². The summed E-state index contributed by atoms with van der Waals surface area (Å²) in [7, 11) is -3.04. The molecule has 0 spiro atoms. The maximum atomic E-state index is 14.6. The Kier molecular flexibility index (Phi) is 6.43. The number of hydrogen-bond donors (Lipinski definition) is 1. The minimum Gasteiger partial charge on any atom is -0.326 e. The molecule has 0 atom stereocenters. The van der Waals surface area contributed by atoms with Crippen LogP contribution in [0.3, 0.4) is 0 Å². The first-order valence-electron chi connectivity index (χ1n) is 10.4. The van der Waals surface area contributed by atoms with Crippen LogP contribution in [0, 0.1) is 0 Å². The summed E-state index contributed by atoms with van der Waals surface area (Å²) < 4.78 is 53.5. The predicted molar refractivity (Wildman–Crippen MR) is 123 cm³/mol. The molecule has 1 aliphatic heterocycles. The van der Waals surface area contributed by atoms with Crippen molar-refractivity contribution in [2.75, 3.05) is 30.0 Å². The highest BCUT2D eigenvalue weighted by atomic mass is 35.5. The van der Waals surface area contributed by atoms with E-state index in [1.54, 1.807) is 24.3 Å². The first kappa shape index (κ1) is 23.6. The Labute approximate surface area is 195 Å². The van der Waals surface area contributed by atoms with Gasteiger partial charge in [-0.2, -0.15) is 8.78 Å². The fourth-order valence-corrected chi connectivity index (χ4v) is 4.62. The number of halogens is 3. The van der Waals surface area contributed by atoms with Crippen LogP contribution in [0.2, 0.25) is 5.02 Å². The van der Waals surface area contributed by atoms with Crippen molar-refractivity contribution in [1.82, 2.24) is 14.9 Å². The van der Waals surface area contributed by atoms with Gasteiger partial charge in [-0.1, -0.05) is 29.8 Å². The van der Waals surface area contributed by atoms with Gasteiger partial charge in [0.1, 0.15) is 15.7 Å². The van der Waals surface area contributed by atoms with E-state index in [9.17, 15) is 22.0 Å². The number of alkyl halides is 2. The van der Waals surface area contributed by atoms with Crippen molar-refractivity contribution in [3.63, 3.8) is 0 Å². The normalized spacial score (nSPS) is 15.4. The highest BCUT2D eigenvalue weighted by molar-refractivity contribution is 7.90. The Hall–Kier alpha value is -2.56. The second-order valence-electron chi connectivity index (χ2n) is 8.03. The Balaban J connectivity index is 1.57. The summed E-state index contributed by atoms with van der Waals surface area (Å²) in [5, 5.41) is 3.58. The van der Waals surface area contributed by atoms with Crippen molar-refractivity contribution in [3.8, 4) is 0 Å². The number of sulfone groups is 1. The molecule has 0 unspecified atom stereocenters. The summed E-state index contributed by atoms with van der Waals surface area (Å²) >= 11 is 6.10. The third kappa shape index (κ3) is 4.87. The van der Waals surface area contributed by atoms with Gasteiger partial charge in [-0.3, -0.25) is 9.69 Å². The number of benzene rings is 2. The molecule has 2 heterocycles. The van der Waals surface area contributed by atoms with Gasteiger partial charge < -0.3 is 9.88 Å². The lowest BCUT2D eigenvalue weighted by atomic mass is 10.1. The van der Waals surface area contributed by atoms with Gasteiger partial charge in [-0.25, -0.2) is 13.4 Å². The van der Waals surface area contributed by atoms with Gasteiger partial charge in [0.2, 0.25) is 0 Å².